The Hall–Kier alpha value is -2.43. The second kappa shape index (κ2) is 6.23. The third-order valence-electron chi connectivity index (χ3n) is 3.84. The first-order valence-corrected chi connectivity index (χ1v) is 8.78. The zero-order valence-electron chi connectivity index (χ0n) is 13.0. The first kappa shape index (κ1) is 15.1. The number of anilines is 2. The summed E-state index contributed by atoms with van der Waals surface area (Å²) < 4.78 is 0. The van der Waals surface area contributed by atoms with Gasteiger partial charge in [-0.3, -0.25) is 0 Å². The molecule has 0 unspecified atom stereocenters. The number of hydrogen-bond acceptors (Lipinski definition) is 4. The molecule has 0 saturated heterocycles. The highest BCUT2D eigenvalue weighted by atomic mass is 35.5. The molecule has 4 rings (SSSR count). The predicted octanol–water partition coefficient (Wildman–Crippen LogP) is 6.06. The van der Waals surface area contributed by atoms with Crippen LogP contribution in [0.2, 0.25) is 5.02 Å². The third-order valence-corrected chi connectivity index (χ3v) is 4.98. The van der Waals surface area contributed by atoms with Gasteiger partial charge in [-0.2, -0.15) is 0 Å². The van der Waals surface area contributed by atoms with Crippen molar-refractivity contribution < 1.29 is 0 Å². The number of halogens is 1. The fourth-order valence-corrected chi connectivity index (χ4v) is 3.63. The number of benzene rings is 2. The van der Waals surface area contributed by atoms with Crippen molar-refractivity contribution in [3.63, 3.8) is 0 Å². The zero-order valence-corrected chi connectivity index (χ0v) is 14.5. The normalized spacial score (nSPS) is 10.9. The average Bonchev–Trinajstić information content (AvgIpc) is 3.03. The first-order valence-electron chi connectivity index (χ1n) is 7.52. The fourth-order valence-electron chi connectivity index (χ4n) is 2.59. The highest BCUT2D eigenvalue weighted by Gasteiger charge is 2.13. The predicted molar refractivity (Wildman–Crippen MR) is 102 cm³/mol. The molecule has 5 heteroatoms. The fraction of sp³-hybridized carbons (Fsp3) is 0.0526. The molecule has 3 nitrogen and oxygen atoms in total. The maximum Gasteiger partial charge on any atom is 0.143 e. The Kier molecular flexibility index (Phi) is 3.92. The maximum atomic E-state index is 6.01. The summed E-state index contributed by atoms with van der Waals surface area (Å²) in [6.45, 7) is 2.07. The van der Waals surface area contributed by atoms with E-state index in [1.165, 1.54) is 5.56 Å². The molecular formula is C19H14ClN3S. The number of nitrogens with one attached hydrogen (secondary N) is 1. The lowest BCUT2D eigenvalue weighted by Crippen LogP contribution is -1.95. The van der Waals surface area contributed by atoms with Gasteiger partial charge in [-0.05, 0) is 36.8 Å². The lowest BCUT2D eigenvalue weighted by molar-refractivity contribution is 1.23. The van der Waals surface area contributed by atoms with E-state index in [9.17, 15) is 0 Å². The molecule has 118 valence electrons. The summed E-state index contributed by atoms with van der Waals surface area (Å²) in [6, 6.07) is 16.1. The van der Waals surface area contributed by atoms with Crippen LogP contribution in [0.3, 0.4) is 0 Å². The summed E-state index contributed by atoms with van der Waals surface area (Å²) in [5.74, 6) is 0.815. The Morgan fingerprint density at radius 3 is 2.46 bits per heavy atom. The smallest absolute Gasteiger partial charge is 0.143 e. The van der Waals surface area contributed by atoms with Gasteiger partial charge in [-0.25, -0.2) is 9.97 Å². The highest BCUT2D eigenvalue weighted by molar-refractivity contribution is 7.17. The number of fused-ring (bicyclic) bond motifs is 1. The Morgan fingerprint density at radius 1 is 0.958 bits per heavy atom. The van der Waals surface area contributed by atoms with E-state index >= 15 is 0 Å². The summed E-state index contributed by atoms with van der Waals surface area (Å²) in [5.41, 5.74) is 4.45. The van der Waals surface area contributed by atoms with E-state index in [4.69, 9.17) is 11.6 Å². The molecule has 4 aromatic rings. The van der Waals surface area contributed by atoms with E-state index in [0.717, 1.165) is 37.9 Å². The van der Waals surface area contributed by atoms with Crippen LogP contribution >= 0.6 is 22.9 Å². The molecular weight excluding hydrogens is 338 g/mol. The minimum Gasteiger partial charge on any atom is -0.340 e. The minimum atomic E-state index is 0.729. The molecule has 0 saturated carbocycles. The number of nitrogens with zero attached hydrogens (tertiary/aromatic N) is 2. The number of hydrogen-bond donors (Lipinski definition) is 1. The number of aromatic nitrogens is 2. The summed E-state index contributed by atoms with van der Waals surface area (Å²) in [5, 5.41) is 7.29. The molecule has 24 heavy (non-hydrogen) atoms. The quantitative estimate of drug-likeness (QED) is 0.487. The molecule has 0 aliphatic heterocycles. The Balaban J connectivity index is 1.82. The van der Waals surface area contributed by atoms with E-state index in [1.807, 2.05) is 24.3 Å². The molecule has 2 heterocycles. The Labute approximate surface area is 149 Å². The molecule has 0 fully saturated rings. The van der Waals surface area contributed by atoms with Gasteiger partial charge >= 0.3 is 0 Å². The van der Waals surface area contributed by atoms with Crippen molar-refractivity contribution in [3.8, 4) is 11.1 Å². The van der Waals surface area contributed by atoms with E-state index in [1.54, 1.807) is 17.7 Å². The number of aryl methyl sites for hydroxylation is 1. The van der Waals surface area contributed by atoms with Crippen LogP contribution < -0.4 is 5.32 Å². The molecule has 1 N–H and O–H groups in total. The first-order chi connectivity index (χ1) is 11.7. The lowest BCUT2D eigenvalue weighted by Gasteiger charge is -2.09. The topological polar surface area (TPSA) is 37.8 Å². The van der Waals surface area contributed by atoms with Crippen molar-refractivity contribution >= 4 is 44.7 Å². The van der Waals surface area contributed by atoms with E-state index < -0.39 is 0 Å². The maximum absolute atomic E-state index is 6.01. The van der Waals surface area contributed by atoms with E-state index in [-0.39, 0.29) is 0 Å². The van der Waals surface area contributed by atoms with Crippen LogP contribution in [0.4, 0.5) is 11.5 Å². The van der Waals surface area contributed by atoms with Crippen LogP contribution in [-0.4, -0.2) is 9.97 Å². The zero-order chi connectivity index (χ0) is 16.5. The van der Waals surface area contributed by atoms with Crippen LogP contribution in [0.25, 0.3) is 21.3 Å². The van der Waals surface area contributed by atoms with Crippen molar-refractivity contribution in [2.75, 3.05) is 5.32 Å². The SMILES string of the molecule is Cc1ccc(Nc2ncnc3scc(-c4ccc(Cl)cc4)c23)cc1. The second-order valence-electron chi connectivity index (χ2n) is 5.55. The number of rotatable bonds is 3. The van der Waals surface area contributed by atoms with Gasteiger partial charge in [0.15, 0.2) is 0 Å². The molecule has 0 atom stereocenters. The Bertz CT molecular complexity index is 991. The van der Waals surface area contributed by atoms with Gasteiger partial charge in [0.25, 0.3) is 0 Å². The van der Waals surface area contributed by atoms with Gasteiger partial charge < -0.3 is 5.32 Å². The molecule has 0 amide bonds. The average molecular weight is 352 g/mol. The molecule has 0 aliphatic carbocycles. The van der Waals surface area contributed by atoms with Crippen LogP contribution in [-0.2, 0) is 0 Å². The van der Waals surface area contributed by atoms with Crippen molar-refractivity contribution in [1.82, 2.24) is 9.97 Å². The van der Waals surface area contributed by atoms with Crippen LogP contribution in [0.15, 0.2) is 60.2 Å². The standard InChI is InChI=1S/C19H14ClN3S/c1-12-2-8-15(9-3-12)23-18-17-16(10-24-19(17)22-11-21-18)13-4-6-14(20)7-5-13/h2-11H,1H3,(H,21,22,23). The summed E-state index contributed by atoms with van der Waals surface area (Å²) in [7, 11) is 0. The summed E-state index contributed by atoms with van der Waals surface area (Å²) in [6.07, 6.45) is 1.60. The molecule has 2 aromatic heterocycles. The van der Waals surface area contributed by atoms with Gasteiger partial charge in [0.1, 0.15) is 17.0 Å². The van der Waals surface area contributed by atoms with E-state index in [0.29, 0.717) is 0 Å². The third kappa shape index (κ3) is 2.86. The lowest BCUT2D eigenvalue weighted by atomic mass is 10.1. The molecule has 0 radical (unpaired) electrons. The van der Waals surface area contributed by atoms with Crippen molar-refractivity contribution in [1.29, 1.82) is 0 Å². The van der Waals surface area contributed by atoms with Crippen LogP contribution in [0, 0.1) is 6.92 Å². The van der Waals surface area contributed by atoms with Crippen LogP contribution in [0.1, 0.15) is 5.56 Å². The minimum absolute atomic E-state index is 0.729. The Morgan fingerprint density at radius 2 is 1.71 bits per heavy atom. The monoisotopic (exact) mass is 351 g/mol. The second-order valence-corrected chi connectivity index (χ2v) is 6.84. The van der Waals surface area contributed by atoms with Crippen molar-refractivity contribution in [3.05, 3.63) is 70.8 Å². The molecule has 0 bridgehead atoms. The van der Waals surface area contributed by atoms with Gasteiger partial charge in [-0.1, -0.05) is 41.4 Å². The molecule has 0 spiro atoms. The largest absolute Gasteiger partial charge is 0.340 e. The molecule has 0 aliphatic rings. The number of thiophene rings is 1. The van der Waals surface area contributed by atoms with E-state index in [2.05, 4.69) is 51.9 Å². The van der Waals surface area contributed by atoms with Gasteiger partial charge in [-0.15, -0.1) is 11.3 Å². The van der Waals surface area contributed by atoms with Crippen molar-refractivity contribution in [2.24, 2.45) is 0 Å². The van der Waals surface area contributed by atoms with Crippen molar-refractivity contribution in [2.45, 2.75) is 6.92 Å². The summed E-state index contributed by atoms with van der Waals surface area (Å²) in [4.78, 5) is 9.82. The van der Waals surface area contributed by atoms with Gasteiger partial charge in [0.05, 0.1) is 5.39 Å². The van der Waals surface area contributed by atoms with Gasteiger partial charge in [0, 0.05) is 21.7 Å². The van der Waals surface area contributed by atoms with Crippen LogP contribution in [0.5, 0.6) is 0 Å². The molecule has 2 aromatic carbocycles. The highest BCUT2D eigenvalue weighted by Crippen LogP contribution is 2.37. The van der Waals surface area contributed by atoms with Gasteiger partial charge in [0.2, 0.25) is 0 Å². The summed E-state index contributed by atoms with van der Waals surface area (Å²) >= 11 is 7.62.